The number of ether oxygens (including phenoxy) is 1. The summed E-state index contributed by atoms with van der Waals surface area (Å²) >= 11 is 0. The summed E-state index contributed by atoms with van der Waals surface area (Å²) in [7, 11) is -2.05. The molecule has 1 aromatic carbocycles. The van der Waals surface area contributed by atoms with E-state index in [0.29, 0.717) is 11.7 Å². The van der Waals surface area contributed by atoms with E-state index < -0.39 is 10.0 Å². The molecule has 0 bridgehead atoms. The number of hydrogen-bond acceptors (Lipinski definition) is 4. The van der Waals surface area contributed by atoms with Gasteiger partial charge < -0.3 is 10.5 Å². The van der Waals surface area contributed by atoms with Crippen molar-refractivity contribution in [2.45, 2.75) is 43.5 Å². The minimum absolute atomic E-state index is 0.00486. The number of rotatable bonds is 4. The van der Waals surface area contributed by atoms with Crippen molar-refractivity contribution in [2.24, 2.45) is 5.92 Å². The molecule has 1 saturated carbocycles. The summed E-state index contributed by atoms with van der Waals surface area (Å²) in [4.78, 5) is 0.122. The average molecular weight is 298 g/mol. The molecule has 20 heavy (non-hydrogen) atoms. The molecule has 0 amide bonds. The molecule has 1 fully saturated rings. The summed E-state index contributed by atoms with van der Waals surface area (Å²) in [5, 5.41) is 0. The minimum Gasteiger partial charge on any atom is -0.497 e. The first-order valence-corrected chi connectivity index (χ1v) is 8.36. The van der Waals surface area contributed by atoms with Gasteiger partial charge in [0.15, 0.2) is 0 Å². The Morgan fingerprint density at radius 1 is 1.35 bits per heavy atom. The van der Waals surface area contributed by atoms with Gasteiger partial charge in [-0.1, -0.05) is 19.8 Å². The third-order valence-electron chi connectivity index (χ3n) is 3.76. The lowest BCUT2D eigenvalue weighted by atomic mass is 9.88. The zero-order valence-corrected chi connectivity index (χ0v) is 12.7. The Labute approximate surface area is 120 Å². The van der Waals surface area contributed by atoms with Gasteiger partial charge in [0.2, 0.25) is 10.0 Å². The van der Waals surface area contributed by atoms with E-state index in [-0.39, 0.29) is 16.6 Å². The molecule has 2 unspecified atom stereocenters. The highest BCUT2D eigenvalue weighted by molar-refractivity contribution is 7.89. The van der Waals surface area contributed by atoms with Crippen LogP contribution in [0.3, 0.4) is 0 Å². The molecule has 1 aromatic rings. The number of anilines is 1. The fourth-order valence-electron chi connectivity index (χ4n) is 2.72. The van der Waals surface area contributed by atoms with E-state index in [4.69, 9.17) is 10.5 Å². The molecule has 1 aliphatic carbocycles. The lowest BCUT2D eigenvalue weighted by Gasteiger charge is -2.27. The molecule has 0 spiro atoms. The molecule has 0 aliphatic heterocycles. The maximum absolute atomic E-state index is 12.4. The van der Waals surface area contributed by atoms with Crippen LogP contribution in [0.5, 0.6) is 5.75 Å². The van der Waals surface area contributed by atoms with E-state index >= 15 is 0 Å². The maximum atomic E-state index is 12.4. The molecule has 0 aromatic heterocycles. The van der Waals surface area contributed by atoms with Crippen LogP contribution in [0.2, 0.25) is 0 Å². The van der Waals surface area contributed by atoms with Gasteiger partial charge in [0, 0.05) is 12.1 Å². The average Bonchev–Trinajstić information content (AvgIpc) is 2.37. The molecule has 5 nitrogen and oxygen atoms in total. The second kappa shape index (κ2) is 6.01. The number of sulfonamides is 1. The highest BCUT2D eigenvalue weighted by Crippen LogP contribution is 2.27. The Morgan fingerprint density at radius 2 is 2.10 bits per heavy atom. The third kappa shape index (κ3) is 3.43. The van der Waals surface area contributed by atoms with Crippen molar-refractivity contribution in [2.75, 3.05) is 12.8 Å². The number of methoxy groups -OCH3 is 1. The Hall–Kier alpha value is -1.27. The van der Waals surface area contributed by atoms with Crippen LogP contribution in [-0.2, 0) is 10.0 Å². The lowest BCUT2D eigenvalue weighted by Crippen LogP contribution is -2.38. The smallest absolute Gasteiger partial charge is 0.242 e. The first kappa shape index (κ1) is 15.1. The molecule has 0 radical (unpaired) electrons. The van der Waals surface area contributed by atoms with Crippen molar-refractivity contribution in [3.63, 3.8) is 0 Å². The molecule has 3 N–H and O–H groups in total. The van der Waals surface area contributed by atoms with E-state index in [2.05, 4.69) is 11.6 Å². The van der Waals surface area contributed by atoms with E-state index in [1.807, 2.05) is 0 Å². The summed E-state index contributed by atoms with van der Waals surface area (Å²) in [6, 6.07) is 4.63. The van der Waals surface area contributed by atoms with Crippen LogP contribution in [0, 0.1) is 5.92 Å². The Bertz CT molecular complexity index is 572. The molecule has 1 aliphatic rings. The van der Waals surface area contributed by atoms with Gasteiger partial charge >= 0.3 is 0 Å². The second-order valence-corrected chi connectivity index (χ2v) is 7.18. The van der Waals surface area contributed by atoms with Crippen molar-refractivity contribution in [3.8, 4) is 5.75 Å². The van der Waals surface area contributed by atoms with Crippen LogP contribution in [0.25, 0.3) is 0 Å². The monoisotopic (exact) mass is 298 g/mol. The fourth-order valence-corrected chi connectivity index (χ4v) is 4.12. The van der Waals surface area contributed by atoms with Crippen molar-refractivity contribution in [1.29, 1.82) is 0 Å². The predicted octanol–water partition coefficient (Wildman–Crippen LogP) is 2.13. The topological polar surface area (TPSA) is 81.4 Å². The van der Waals surface area contributed by atoms with Crippen LogP contribution in [0.4, 0.5) is 5.69 Å². The van der Waals surface area contributed by atoms with Gasteiger partial charge in [-0.2, -0.15) is 0 Å². The van der Waals surface area contributed by atoms with Crippen molar-refractivity contribution in [3.05, 3.63) is 18.2 Å². The number of benzene rings is 1. The van der Waals surface area contributed by atoms with Crippen LogP contribution in [0.1, 0.15) is 32.6 Å². The summed E-state index contributed by atoms with van der Waals surface area (Å²) in [6.07, 6.45) is 4.00. The molecule has 2 atom stereocenters. The van der Waals surface area contributed by atoms with E-state index in [9.17, 15) is 8.42 Å². The number of nitrogens with two attached hydrogens (primary N) is 1. The van der Waals surface area contributed by atoms with Gasteiger partial charge in [-0.05, 0) is 30.9 Å². The van der Waals surface area contributed by atoms with Crippen molar-refractivity contribution >= 4 is 15.7 Å². The Balaban J connectivity index is 2.17. The molecular formula is C14H22N2O3S. The summed E-state index contributed by atoms with van der Waals surface area (Å²) in [6.45, 7) is 2.15. The normalized spacial score (nSPS) is 23.5. The Kier molecular flexibility index (Phi) is 4.55. The summed E-state index contributed by atoms with van der Waals surface area (Å²) in [5.41, 5.74) is 6.03. The lowest BCUT2D eigenvalue weighted by molar-refractivity contribution is 0.327. The van der Waals surface area contributed by atoms with Crippen LogP contribution >= 0.6 is 0 Å². The minimum atomic E-state index is -3.57. The molecule has 2 rings (SSSR count). The quantitative estimate of drug-likeness (QED) is 0.834. The zero-order chi connectivity index (χ0) is 14.8. The fraction of sp³-hybridized carbons (Fsp3) is 0.571. The largest absolute Gasteiger partial charge is 0.497 e. The molecular weight excluding hydrogens is 276 g/mol. The number of nitrogen functional groups attached to an aromatic ring is 1. The van der Waals surface area contributed by atoms with Gasteiger partial charge in [0.1, 0.15) is 10.6 Å². The summed E-state index contributed by atoms with van der Waals surface area (Å²) < 4.78 is 32.6. The maximum Gasteiger partial charge on any atom is 0.242 e. The van der Waals surface area contributed by atoms with Crippen LogP contribution in [-0.4, -0.2) is 21.6 Å². The standard InChI is InChI=1S/C14H22N2O3S/c1-10-4-3-5-11(8-10)16-20(17,18)14-7-6-12(19-2)9-13(14)15/h6-7,9-11,16H,3-5,8,15H2,1-2H3. The van der Waals surface area contributed by atoms with E-state index in [1.165, 1.54) is 25.7 Å². The second-order valence-electron chi connectivity index (χ2n) is 5.49. The van der Waals surface area contributed by atoms with E-state index in [0.717, 1.165) is 19.3 Å². The van der Waals surface area contributed by atoms with Gasteiger partial charge in [-0.15, -0.1) is 0 Å². The van der Waals surface area contributed by atoms with Crippen molar-refractivity contribution < 1.29 is 13.2 Å². The van der Waals surface area contributed by atoms with Gasteiger partial charge in [-0.25, -0.2) is 13.1 Å². The predicted molar refractivity (Wildman–Crippen MR) is 79.1 cm³/mol. The number of hydrogen-bond donors (Lipinski definition) is 2. The first-order valence-electron chi connectivity index (χ1n) is 6.88. The van der Waals surface area contributed by atoms with Gasteiger partial charge in [-0.3, -0.25) is 0 Å². The first-order chi connectivity index (χ1) is 9.42. The highest BCUT2D eigenvalue weighted by atomic mass is 32.2. The van der Waals surface area contributed by atoms with Gasteiger partial charge in [0.25, 0.3) is 0 Å². The number of nitrogens with one attached hydrogen (secondary N) is 1. The van der Waals surface area contributed by atoms with Crippen LogP contribution in [0.15, 0.2) is 23.1 Å². The SMILES string of the molecule is COc1ccc(S(=O)(=O)NC2CCCC(C)C2)c(N)c1. The van der Waals surface area contributed by atoms with Crippen LogP contribution < -0.4 is 15.2 Å². The summed E-state index contributed by atoms with van der Waals surface area (Å²) in [5.74, 6) is 1.11. The third-order valence-corrected chi connectivity index (χ3v) is 5.36. The van der Waals surface area contributed by atoms with Crippen molar-refractivity contribution in [1.82, 2.24) is 4.72 Å². The molecule has 6 heteroatoms. The molecule has 0 heterocycles. The molecule has 112 valence electrons. The highest BCUT2D eigenvalue weighted by Gasteiger charge is 2.26. The van der Waals surface area contributed by atoms with Gasteiger partial charge in [0.05, 0.1) is 12.8 Å². The zero-order valence-electron chi connectivity index (χ0n) is 11.9. The molecule has 0 saturated heterocycles. The Morgan fingerprint density at radius 3 is 2.70 bits per heavy atom. The van der Waals surface area contributed by atoms with E-state index in [1.54, 1.807) is 6.07 Å².